The van der Waals surface area contributed by atoms with Crippen LogP contribution in [0, 0.1) is 23.6 Å². The van der Waals surface area contributed by atoms with Gasteiger partial charge in [0.2, 0.25) is 5.95 Å². The summed E-state index contributed by atoms with van der Waals surface area (Å²) in [5.41, 5.74) is 1.76. The number of aromatic nitrogens is 3. The Balaban J connectivity index is 1.36. The minimum atomic E-state index is -3.77. The Bertz CT molecular complexity index is 1900. The second-order valence-electron chi connectivity index (χ2n) is 11.2. The van der Waals surface area contributed by atoms with E-state index in [0.29, 0.717) is 11.4 Å². The lowest BCUT2D eigenvalue weighted by Crippen LogP contribution is -2.41. The average molecular weight is 601 g/mol. The van der Waals surface area contributed by atoms with Crippen LogP contribution < -0.4 is 21.1 Å². The number of sulfone groups is 1. The van der Waals surface area contributed by atoms with Gasteiger partial charge in [0.25, 0.3) is 5.56 Å². The third kappa shape index (κ3) is 6.40. The highest BCUT2D eigenvalue weighted by atomic mass is 32.2. The smallest absolute Gasteiger partial charge is 0.268 e. The number of pyridine rings is 1. The van der Waals surface area contributed by atoms with Crippen molar-refractivity contribution in [2.24, 2.45) is 5.92 Å². The standard InChI is InChI=1S/C32H33FN6O3S/c1-38(26-14-16-34-17-15-26)25-12-10-24(11-13-25)36-32-35-19-23-18-22(9-8-21-6-7-21)31(40)39(30(23)37-32)20-27-28(33)4-3-5-29(27)43(2,41)42/h3-5,10-13,18-19,21,26,34H,6-7,14-17,20H2,1-2H3,(H,35,36,37). The van der Waals surface area contributed by atoms with E-state index >= 15 is 4.39 Å². The van der Waals surface area contributed by atoms with Crippen molar-refractivity contribution in [2.75, 3.05) is 36.6 Å². The zero-order chi connectivity index (χ0) is 30.1. The van der Waals surface area contributed by atoms with E-state index in [1.54, 1.807) is 12.3 Å². The molecule has 1 saturated heterocycles. The number of hydrogen-bond donors (Lipinski definition) is 2. The first-order valence-corrected chi connectivity index (χ1v) is 16.3. The molecule has 0 bridgehead atoms. The lowest BCUT2D eigenvalue weighted by molar-refractivity contribution is 0.443. The molecule has 4 aromatic rings. The number of piperidine rings is 1. The van der Waals surface area contributed by atoms with Gasteiger partial charge in [-0.05, 0) is 81.2 Å². The zero-order valence-electron chi connectivity index (χ0n) is 24.1. The van der Waals surface area contributed by atoms with Crippen LogP contribution in [0.25, 0.3) is 11.0 Å². The van der Waals surface area contributed by atoms with Gasteiger partial charge in [-0.2, -0.15) is 4.98 Å². The molecular weight excluding hydrogens is 567 g/mol. The van der Waals surface area contributed by atoms with Crippen LogP contribution in [0.4, 0.5) is 21.7 Å². The summed E-state index contributed by atoms with van der Waals surface area (Å²) in [6.45, 7) is 1.69. The lowest BCUT2D eigenvalue weighted by Gasteiger charge is -2.33. The maximum absolute atomic E-state index is 15.1. The second kappa shape index (κ2) is 11.8. The number of rotatable bonds is 7. The molecule has 2 aromatic carbocycles. The summed E-state index contributed by atoms with van der Waals surface area (Å²) < 4.78 is 41.3. The molecule has 0 unspecified atom stereocenters. The number of nitrogens with zero attached hydrogens (tertiary/aromatic N) is 4. The molecular formula is C32H33FN6O3S. The third-order valence-electron chi connectivity index (χ3n) is 7.99. The molecule has 2 fully saturated rings. The monoisotopic (exact) mass is 600 g/mol. The molecule has 1 aliphatic carbocycles. The van der Waals surface area contributed by atoms with Crippen molar-refractivity contribution in [1.82, 2.24) is 19.9 Å². The second-order valence-corrected chi connectivity index (χ2v) is 13.2. The molecule has 1 aliphatic heterocycles. The van der Waals surface area contributed by atoms with Crippen molar-refractivity contribution < 1.29 is 12.8 Å². The molecule has 0 radical (unpaired) electrons. The molecule has 6 rings (SSSR count). The molecule has 2 N–H and O–H groups in total. The van der Waals surface area contributed by atoms with E-state index in [4.69, 9.17) is 0 Å². The molecule has 1 saturated carbocycles. The van der Waals surface area contributed by atoms with Gasteiger partial charge in [-0.25, -0.2) is 17.8 Å². The maximum atomic E-state index is 15.1. The van der Waals surface area contributed by atoms with E-state index < -0.39 is 21.2 Å². The number of fused-ring (bicyclic) bond motifs is 1. The van der Waals surface area contributed by atoms with Gasteiger partial charge >= 0.3 is 0 Å². The third-order valence-corrected chi connectivity index (χ3v) is 9.18. The minimum absolute atomic E-state index is 0.109. The maximum Gasteiger partial charge on any atom is 0.268 e. The Hall–Kier alpha value is -4.27. The van der Waals surface area contributed by atoms with Crippen molar-refractivity contribution in [2.45, 2.75) is 43.2 Å². The normalized spacial score (nSPS) is 15.6. The van der Waals surface area contributed by atoms with Crippen LogP contribution in [-0.2, 0) is 16.4 Å². The van der Waals surface area contributed by atoms with Gasteiger partial charge in [0.1, 0.15) is 11.5 Å². The average Bonchev–Trinajstić information content (AvgIpc) is 3.83. The van der Waals surface area contributed by atoms with Crippen molar-refractivity contribution in [3.8, 4) is 11.8 Å². The van der Waals surface area contributed by atoms with Crippen LogP contribution in [-0.4, -0.2) is 55.4 Å². The van der Waals surface area contributed by atoms with E-state index in [-0.39, 0.29) is 40.1 Å². The van der Waals surface area contributed by atoms with Gasteiger partial charge < -0.3 is 15.5 Å². The Morgan fingerprint density at radius 2 is 1.86 bits per heavy atom. The molecule has 2 aliphatic rings. The van der Waals surface area contributed by atoms with E-state index in [9.17, 15) is 13.2 Å². The fourth-order valence-electron chi connectivity index (χ4n) is 5.37. The molecule has 0 amide bonds. The number of halogens is 1. The van der Waals surface area contributed by atoms with Crippen LogP contribution in [0.3, 0.4) is 0 Å². The highest BCUT2D eigenvalue weighted by molar-refractivity contribution is 7.90. The summed E-state index contributed by atoms with van der Waals surface area (Å²) in [5.74, 6) is 5.86. The largest absolute Gasteiger partial charge is 0.372 e. The van der Waals surface area contributed by atoms with Gasteiger partial charge in [0.15, 0.2) is 9.84 Å². The fourth-order valence-corrected chi connectivity index (χ4v) is 6.31. The van der Waals surface area contributed by atoms with Gasteiger partial charge in [-0.15, -0.1) is 0 Å². The highest BCUT2D eigenvalue weighted by Gasteiger charge is 2.22. The van der Waals surface area contributed by atoms with Crippen molar-refractivity contribution >= 4 is 38.2 Å². The predicted octanol–water partition coefficient (Wildman–Crippen LogP) is 4.08. The van der Waals surface area contributed by atoms with Crippen molar-refractivity contribution in [1.29, 1.82) is 0 Å². The number of benzene rings is 2. The molecule has 9 nitrogen and oxygen atoms in total. The van der Waals surface area contributed by atoms with Gasteiger partial charge in [0.05, 0.1) is 17.0 Å². The number of nitrogens with one attached hydrogen (secondary N) is 2. The quantitative estimate of drug-likeness (QED) is 0.306. The summed E-state index contributed by atoms with van der Waals surface area (Å²) in [6, 6.07) is 14.0. The van der Waals surface area contributed by atoms with Crippen LogP contribution in [0.15, 0.2) is 64.4 Å². The van der Waals surface area contributed by atoms with Crippen LogP contribution in [0.2, 0.25) is 0 Å². The summed E-state index contributed by atoms with van der Waals surface area (Å²) >= 11 is 0. The van der Waals surface area contributed by atoms with Gasteiger partial charge in [0, 0.05) is 53.8 Å². The summed E-state index contributed by atoms with van der Waals surface area (Å²) in [7, 11) is -1.66. The van der Waals surface area contributed by atoms with Crippen molar-refractivity contribution in [3.63, 3.8) is 0 Å². The first-order chi connectivity index (χ1) is 20.7. The molecule has 222 valence electrons. The Morgan fingerprint density at radius 1 is 1.12 bits per heavy atom. The molecule has 0 spiro atoms. The van der Waals surface area contributed by atoms with Gasteiger partial charge in [-0.3, -0.25) is 9.36 Å². The summed E-state index contributed by atoms with van der Waals surface area (Å²) in [5, 5.41) is 7.12. The van der Waals surface area contributed by atoms with E-state index in [0.717, 1.165) is 56.4 Å². The molecule has 43 heavy (non-hydrogen) atoms. The minimum Gasteiger partial charge on any atom is -0.372 e. The Kier molecular flexibility index (Phi) is 7.90. The van der Waals surface area contributed by atoms with Crippen LogP contribution in [0.1, 0.15) is 36.8 Å². The van der Waals surface area contributed by atoms with E-state index in [1.165, 1.54) is 22.8 Å². The molecule has 11 heteroatoms. The van der Waals surface area contributed by atoms with Crippen LogP contribution >= 0.6 is 0 Å². The number of anilines is 3. The number of hydrogen-bond acceptors (Lipinski definition) is 8. The van der Waals surface area contributed by atoms with Gasteiger partial charge in [-0.1, -0.05) is 17.9 Å². The predicted molar refractivity (Wildman–Crippen MR) is 166 cm³/mol. The first-order valence-electron chi connectivity index (χ1n) is 14.4. The Labute approximate surface area is 250 Å². The topological polar surface area (TPSA) is 109 Å². The van der Waals surface area contributed by atoms with Crippen LogP contribution in [0.5, 0.6) is 0 Å². The molecule has 3 heterocycles. The fraction of sp³-hybridized carbons (Fsp3) is 0.344. The van der Waals surface area contributed by atoms with Crippen molar-refractivity contribution in [3.05, 3.63) is 82.0 Å². The zero-order valence-corrected chi connectivity index (χ0v) is 24.9. The lowest BCUT2D eigenvalue weighted by atomic mass is 10.0. The SMILES string of the molecule is CN(c1ccc(Nc2ncc3cc(C#CC4CC4)c(=O)n(Cc4c(F)cccc4S(C)(=O)=O)c3n2)cc1)C1CCNCC1. The summed E-state index contributed by atoms with van der Waals surface area (Å²) in [4.78, 5) is 24.9. The first kappa shape index (κ1) is 28.8. The van der Waals surface area contributed by atoms with E-state index in [2.05, 4.69) is 44.4 Å². The van der Waals surface area contributed by atoms with E-state index in [1.807, 2.05) is 24.3 Å². The molecule has 0 atom stereocenters. The Morgan fingerprint density at radius 3 is 2.56 bits per heavy atom. The molecule has 2 aromatic heterocycles. The summed E-state index contributed by atoms with van der Waals surface area (Å²) in [6.07, 6.45) is 6.78. The highest BCUT2D eigenvalue weighted by Crippen LogP contribution is 2.28.